The number of phenols is 1. The number of hydrazine groups is 1. The number of benzene rings is 1. The van der Waals surface area contributed by atoms with Crippen LogP contribution in [0.15, 0.2) is 18.2 Å². The molecule has 0 radical (unpaired) electrons. The molecule has 2 N–H and O–H groups in total. The first-order valence-corrected chi connectivity index (χ1v) is 7.44. The lowest BCUT2D eigenvalue weighted by Gasteiger charge is -2.41. The van der Waals surface area contributed by atoms with E-state index in [9.17, 15) is 5.11 Å². The molecule has 0 aromatic heterocycles. The summed E-state index contributed by atoms with van der Waals surface area (Å²) in [6.45, 7) is 6.68. The van der Waals surface area contributed by atoms with Gasteiger partial charge in [-0.1, -0.05) is 12.5 Å². The number of phenolic OH excluding ortho intramolecular Hbond substituents is 1. The van der Waals surface area contributed by atoms with Gasteiger partial charge >= 0.3 is 0 Å². The summed E-state index contributed by atoms with van der Waals surface area (Å²) in [5.41, 5.74) is 4.72. The van der Waals surface area contributed by atoms with E-state index < -0.39 is 0 Å². The lowest BCUT2D eigenvalue weighted by molar-refractivity contribution is 0.0320. The highest BCUT2D eigenvalue weighted by Crippen LogP contribution is 2.30. The Balaban J connectivity index is 2.09. The zero-order valence-electron chi connectivity index (χ0n) is 12.9. The fraction of sp³-hybridized carbons (Fsp3) is 0.625. The maximum atomic E-state index is 9.67. The van der Waals surface area contributed by atoms with Crippen molar-refractivity contribution in [2.75, 3.05) is 7.11 Å². The largest absolute Gasteiger partial charge is 0.504 e. The van der Waals surface area contributed by atoms with E-state index in [1.165, 1.54) is 19.3 Å². The maximum Gasteiger partial charge on any atom is 0.160 e. The van der Waals surface area contributed by atoms with Crippen LogP contribution in [0, 0.1) is 0 Å². The van der Waals surface area contributed by atoms with Crippen molar-refractivity contribution in [2.24, 2.45) is 0 Å². The quantitative estimate of drug-likeness (QED) is 0.887. The molecule has 1 aromatic rings. The van der Waals surface area contributed by atoms with Crippen molar-refractivity contribution >= 4 is 0 Å². The summed E-state index contributed by atoms with van der Waals surface area (Å²) in [5.74, 6) is 0.707. The minimum Gasteiger partial charge on any atom is -0.504 e. The van der Waals surface area contributed by atoms with Gasteiger partial charge in [-0.2, -0.15) is 0 Å². The van der Waals surface area contributed by atoms with Gasteiger partial charge in [0.25, 0.3) is 0 Å². The monoisotopic (exact) mass is 278 g/mol. The Morgan fingerprint density at radius 3 is 2.55 bits per heavy atom. The Morgan fingerprint density at radius 1 is 1.30 bits per heavy atom. The van der Waals surface area contributed by atoms with E-state index in [0.717, 1.165) is 5.56 Å². The molecule has 2 rings (SSSR count). The molecule has 3 unspecified atom stereocenters. The standard InChI is InChI=1S/C16H26N2O2/c1-11-6-5-7-12(2)18(11)17-13(3)14-8-9-15(19)16(10-14)20-4/h8-13,17,19H,5-7H2,1-4H3. The fourth-order valence-electron chi connectivity index (χ4n) is 2.94. The number of ether oxygens (including phenoxy) is 1. The fourth-order valence-corrected chi connectivity index (χ4v) is 2.94. The van der Waals surface area contributed by atoms with Crippen LogP contribution in [0.1, 0.15) is 51.6 Å². The third-order valence-corrected chi connectivity index (χ3v) is 4.24. The highest BCUT2D eigenvalue weighted by atomic mass is 16.5. The van der Waals surface area contributed by atoms with Gasteiger partial charge < -0.3 is 9.84 Å². The van der Waals surface area contributed by atoms with Gasteiger partial charge in [0.15, 0.2) is 11.5 Å². The van der Waals surface area contributed by atoms with Gasteiger partial charge in [0.1, 0.15) is 0 Å². The smallest absolute Gasteiger partial charge is 0.160 e. The van der Waals surface area contributed by atoms with Gasteiger partial charge in [0.2, 0.25) is 0 Å². The van der Waals surface area contributed by atoms with Crippen molar-refractivity contribution < 1.29 is 9.84 Å². The third kappa shape index (κ3) is 3.25. The predicted molar refractivity (Wildman–Crippen MR) is 80.8 cm³/mol. The van der Waals surface area contributed by atoms with Crippen molar-refractivity contribution in [2.45, 2.75) is 58.2 Å². The molecule has 4 heteroatoms. The molecule has 20 heavy (non-hydrogen) atoms. The van der Waals surface area contributed by atoms with Crippen molar-refractivity contribution in [3.63, 3.8) is 0 Å². The molecule has 1 aliphatic rings. The van der Waals surface area contributed by atoms with E-state index in [1.807, 2.05) is 12.1 Å². The molecule has 112 valence electrons. The van der Waals surface area contributed by atoms with Crippen molar-refractivity contribution in [1.82, 2.24) is 10.4 Å². The van der Waals surface area contributed by atoms with E-state index in [-0.39, 0.29) is 11.8 Å². The molecule has 1 heterocycles. The Morgan fingerprint density at radius 2 is 1.95 bits per heavy atom. The Hall–Kier alpha value is -1.26. The molecular formula is C16H26N2O2. The first-order valence-electron chi connectivity index (χ1n) is 7.44. The van der Waals surface area contributed by atoms with Gasteiger partial charge in [-0.25, -0.2) is 10.4 Å². The Labute approximate surface area is 121 Å². The lowest BCUT2D eigenvalue weighted by Crippen LogP contribution is -2.52. The minimum atomic E-state index is 0.183. The molecule has 0 amide bonds. The molecule has 0 bridgehead atoms. The number of hydrogen-bond donors (Lipinski definition) is 2. The molecule has 0 saturated carbocycles. The van der Waals surface area contributed by atoms with E-state index >= 15 is 0 Å². The number of methoxy groups -OCH3 is 1. The zero-order chi connectivity index (χ0) is 14.7. The van der Waals surface area contributed by atoms with Crippen LogP contribution in [0.25, 0.3) is 0 Å². The van der Waals surface area contributed by atoms with Crippen LogP contribution < -0.4 is 10.2 Å². The molecule has 1 aromatic carbocycles. The molecule has 1 saturated heterocycles. The summed E-state index contributed by atoms with van der Waals surface area (Å²) in [6, 6.07) is 6.82. The van der Waals surface area contributed by atoms with E-state index in [2.05, 4.69) is 31.2 Å². The highest BCUT2D eigenvalue weighted by Gasteiger charge is 2.26. The van der Waals surface area contributed by atoms with Crippen molar-refractivity contribution in [3.8, 4) is 11.5 Å². The van der Waals surface area contributed by atoms with Crippen LogP contribution in [0.2, 0.25) is 0 Å². The number of nitrogens with zero attached hydrogens (tertiary/aromatic N) is 1. The summed E-state index contributed by atoms with van der Waals surface area (Å²) in [6.07, 6.45) is 3.79. The Bertz CT molecular complexity index is 440. The van der Waals surface area contributed by atoms with Crippen LogP contribution in [-0.4, -0.2) is 29.3 Å². The lowest BCUT2D eigenvalue weighted by atomic mass is 9.99. The zero-order valence-corrected chi connectivity index (χ0v) is 12.9. The minimum absolute atomic E-state index is 0.183. The second kappa shape index (κ2) is 6.46. The van der Waals surface area contributed by atoms with Crippen LogP contribution >= 0.6 is 0 Å². The Kier molecular flexibility index (Phi) is 4.89. The molecule has 0 aliphatic carbocycles. The molecule has 1 aliphatic heterocycles. The highest BCUT2D eigenvalue weighted by molar-refractivity contribution is 5.42. The van der Waals surface area contributed by atoms with Gasteiger partial charge in [-0.3, -0.25) is 0 Å². The number of nitrogens with one attached hydrogen (secondary N) is 1. The first-order chi connectivity index (χ1) is 9.52. The normalized spacial score (nSPS) is 25.4. The van der Waals surface area contributed by atoms with Crippen LogP contribution in [0.4, 0.5) is 0 Å². The van der Waals surface area contributed by atoms with E-state index in [4.69, 9.17) is 4.74 Å². The van der Waals surface area contributed by atoms with Gasteiger partial charge in [0, 0.05) is 18.1 Å². The molecule has 0 spiro atoms. The third-order valence-electron chi connectivity index (χ3n) is 4.24. The average molecular weight is 278 g/mol. The molecule has 3 atom stereocenters. The van der Waals surface area contributed by atoms with E-state index in [1.54, 1.807) is 13.2 Å². The number of aromatic hydroxyl groups is 1. The van der Waals surface area contributed by atoms with E-state index in [0.29, 0.717) is 17.8 Å². The number of rotatable bonds is 4. The predicted octanol–water partition coefficient (Wildman–Crippen LogP) is 3.23. The summed E-state index contributed by atoms with van der Waals surface area (Å²) in [4.78, 5) is 0. The molecule has 4 nitrogen and oxygen atoms in total. The second-order valence-corrected chi connectivity index (χ2v) is 5.82. The van der Waals surface area contributed by atoms with Crippen molar-refractivity contribution in [1.29, 1.82) is 0 Å². The summed E-state index contributed by atoms with van der Waals surface area (Å²) in [7, 11) is 1.58. The maximum absolute atomic E-state index is 9.67. The summed E-state index contributed by atoms with van der Waals surface area (Å²) < 4.78 is 5.18. The number of hydrogen-bond acceptors (Lipinski definition) is 4. The van der Waals surface area contributed by atoms with Crippen LogP contribution in [-0.2, 0) is 0 Å². The van der Waals surface area contributed by atoms with Crippen LogP contribution in [0.5, 0.6) is 11.5 Å². The topological polar surface area (TPSA) is 44.7 Å². The molecular weight excluding hydrogens is 252 g/mol. The first kappa shape index (κ1) is 15.1. The summed E-state index contributed by atoms with van der Waals surface area (Å²) in [5, 5.41) is 12.0. The van der Waals surface area contributed by atoms with Crippen molar-refractivity contribution in [3.05, 3.63) is 23.8 Å². The SMILES string of the molecule is COc1cc(C(C)NN2C(C)CCCC2C)ccc1O. The van der Waals surface area contributed by atoms with Gasteiger partial charge in [0.05, 0.1) is 7.11 Å². The second-order valence-electron chi connectivity index (χ2n) is 5.82. The average Bonchev–Trinajstić information content (AvgIpc) is 2.43. The summed E-state index contributed by atoms with van der Waals surface area (Å²) >= 11 is 0. The van der Waals surface area contributed by atoms with Crippen LogP contribution in [0.3, 0.4) is 0 Å². The van der Waals surface area contributed by atoms with Gasteiger partial charge in [-0.15, -0.1) is 0 Å². The number of piperidine rings is 1. The molecule has 1 fully saturated rings. The van der Waals surface area contributed by atoms with Gasteiger partial charge in [-0.05, 0) is 51.3 Å².